The molecule has 1 fully saturated rings. The molecule has 0 aromatic heterocycles. The number of benzene rings is 2. The minimum Gasteiger partial charge on any atom is -0.309 e. The van der Waals surface area contributed by atoms with Gasteiger partial charge in [0.2, 0.25) is 0 Å². The smallest absolute Gasteiger partial charge is 0.175 e. The highest BCUT2D eigenvalue weighted by atomic mass is 32.2. The summed E-state index contributed by atoms with van der Waals surface area (Å²) in [4.78, 5) is 0.414. The zero-order valence-corrected chi connectivity index (χ0v) is 14.7. The average molecular weight is 344 g/mol. The second-order valence-electron chi connectivity index (χ2n) is 6.35. The van der Waals surface area contributed by atoms with Gasteiger partial charge in [-0.1, -0.05) is 48.5 Å². The first-order chi connectivity index (χ1) is 11.6. The molecule has 1 heterocycles. The molecule has 0 unspecified atom stereocenters. The number of sulfone groups is 1. The van der Waals surface area contributed by atoms with E-state index in [9.17, 15) is 8.42 Å². The summed E-state index contributed by atoms with van der Waals surface area (Å²) >= 11 is 0. The Hall–Kier alpha value is -1.69. The van der Waals surface area contributed by atoms with E-state index in [0.717, 1.165) is 24.9 Å². The molecule has 2 atom stereocenters. The number of hydrogen-bond acceptors (Lipinski definition) is 4. The fourth-order valence-electron chi connectivity index (χ4n) is 3.37. The molecular weight excluding hydrogens is 320 g/mol. The maximum atomic E-state index is 12.0. The highest BCUT2D eigenvalue weighted by Crippen LogP contribution is 2.24. The summed E-state index contributed by atoms with van der Waals surface area (Å²) in [7, 11) is -3.21. The van der Waals surface area contributed by atoms with Crippen molar-refractivity contribution in [3.63, 3.8) is 0 Å². The Morgan fingerprint density at radius 2 is 1.79 bits per heavy atom. The van der Waals surface area contributed by atoms with Gasteiger partial charge in [-0.2, -0.15) is 0 Å². The van der Waals surface area contributed by atoms with Crippen molar-refractivity contribution >= 4 is 9.84 Å². The van der Waals surface area contributed by atoms with E-state index < -0.39 is 9.84 Å². The van der Waals surface area contributed by atoms with E-state index in [1.807, 2.05) is 18.2 Å². The first-order valence-corrected chi connectivity index (χ1v) is 10.2. The van der Waals surface area contributed by atoms with Gasteiger partial charge in [0.25, 0.3) is 0 Å². The molecule has 2 N–H and O–H groups in total. The van der Waals surface area contributed by atoms with Gasteiger partial charge in [0.1, 0.15) is 0 Å². The van der Waals surface area contributed by atoms with E-state index in [-0.39, 0.29) is 12.1 Å². The lowest BCUT2D eigenvalue weighted by molar-refractivity contribution is 0.304. The van der Waals surface area contributed by atoms with E-state index in [4.69, 9.17) is 0 Å². The lowest BCUT2D eigenvalue weighted by Gasteiger charge is -2.34. The van der Waals surface area contributed by atoms with Crippen molar-refractivity contribution in [1.29, 1.82) is 0 Å². The van der Waals surface area contributed by atoms with Crippen molar-refractivity contribution in [3.05, 3.63) is 65.7 Å². The van der Waals surface area contributed by atoms with Crippen LogP contribution in [-0.4, -0.2) is 27.3 Å². The van der Waals surface area contributed by atoms with Gasteiger partial charge < -0.3 is 10.6 Å². The van der Waals surface area contributed by atoms with Crippen LogP contribution >= 0.6 is 0 Å². The number of piperidine rings is 1. The molecule has 1 aliphatic rings. The maximum absolute atomic E-state index is 12.0. The summed E-state index contributed by atoms with van der Waals surface area (Å²) in [6.07, 6.45) is 3.46. The van der Waals surface area contributed by atoms with Crippen LogP contribution in [0.3, 0.4) is 0 Å². The molecule has 5 heteroatoms. The Balaban J connectivity index is 1.76. The van der Waals surface area contributed by atoms with Crippen LogP contribution in [0.1, 0.15) is 30.0 Å². The SMILES string of the molecule is CS(=O)(=O)c1ccccc1CN[C@H]1CCCN[C@H]1c1ccccc1. The standard InChI is InChI=1S/C19H24N2O2S/c1-24(22,23)18-12-6-5-10-16(18)14-21-17-11-7-13-20-19(17)15-8-3-2-4-9-15/h2-6,8-10,12,17,19-21H,7,11,13-14H2,1H3/t17-,19-/m0/s1. The lowest BCUT2D eigenvalue weighted by Crippen LogP contribution is -2.45. The fraction of sp³-hybridized carbons (Fsp3) is 0.368. The minimum atomic E-state index is -3.21. The number of nitrogens with one attached hydrogen (secondary N) is 2. The molecule has 2 aromatic rings. The third-order valence-electron chi connectivity index (χ3n) is 4.54. The Morgan fingerprint density at radius 1 is 1.08 bits per heavy atom. The van der Waals surface area contributed by atoms with E-state index in [1.54, 1.807) is 12.1 Å². The van der Waals surface area contributed by atoms with Crippen LogP contribution in [0.4, 0.5) is 0 Å². The highest BCUT2D eigenvalue weighted by Gasteiger charge is 2.26. The molecule has 24 heavy (non-hydrogen) atoms. The van der Waals surface area contributed by atoms with Crippen molar-refractivity contribution < 1.29 is 8.42 Å². The second-order valence-corrected chi connectivity index (χ2v) is 8.34. The van der Waals surface area contributed by atoms with Crippen LogP contribution in [-0.2, 0) is 16.4 Å². The van der Waals surface area contributed by atoms with Crippen LogP contribution in [0, 0.1) is 0 Å². The lowest BCUT2D eigenvalue weighted by atomic mass is 9.92. The van der Waals surface area contributed by atoms with Gasteiger partial charge in [0.05, 0.1) is 4.90 Å². The van der Waals surface area contributed by atoms with Crippen molar-refractivity contribution in [2.45, 2.75) is 36.4 Å². The molecular formula is C19H24N2O2S. The van der Waals surface area contributed by atoms with Crippen molar-refractivity contribution in [2.75, 3.05) is 12.8 Å². The van der Waals surface area contributed by atoms with Gasteiger partial charge in [-0.25, -0.2) is 8.42 Å². The quantitative estimate of drug-likeness (QED) is 0.875. The summed E-state index contributed by atoms with van der Waals surface area (Å²) < 4.78 is 23.9. The average Bonchev–Trinajstić information content (AvgIpc) is 2.60. The van der Waals surface area contributed by atoms with Crippen LogP contribution in [0.15, 0.2) is 59.5 Å². The molecule has 128 valence electrons. The van der Waals surface area contributed by atoms with E-state index in [0.29, 0.717) is 11.4 Å². The zero-order valence-electron chi connectivity index (χ0n) is 13.9. The third-order valence-corrected chi connectivity index (χ3v) is 5.74. The molecule has 2 aromatic carbocycles. The minimum absolute atomic E-state index is 0.255. The molecule has 3 rings (SSSR count). The Labute approximate surface area is 144 Å². The van der Waals surface area contributed by atoms with E-state index in [1.165, 1.54) is 11.8 Å². The van der Waals surface area contributed by atoms with Gasteiger partial charge in [-0.3, -0.25) is 0 Å². The third kappa shape index (κ3) is 4.04. The number of rotatable bonds is 5. The van der Waals surface area contributed by atoms with E-state index in [2.05, 4.69) is 34.9 Å². The molecule has 0 radical (unpaired) electrons. The van der Waals surface area contributed by atoms with Crippen molar-refractivity contribution in [3.8, 4) is 0 Å². The second kappa shape index (κ2) is 7.47. The summed E-state index contributed by atoms with van der Waals surface area (Å²) in [5, 5.41) is 7.16. The Bertz CT molecular complexity index is 775. The Morgan fingerprint density at radius 3 is 2.54 bits per heavy atom. The molecule has 0 bridgehead atoms. The molecule has 0 saturated carbocycles. The summed E-state index contributed by atoms with van der Waals surface area (Å²) in [6, 6.07) is 18.2. The van der Waals surface area contributed by atoms with Gasteiger partial charge >= 0.3 is 0 Å². The molecule has 1 aliphatic heterocycles. The van der Waals surface area contributed by atoms with E-state index >= 15 is 0 Å². The normalized spacial score (nSPS) is 21.5. The summed E-state index contributed by atoms with van der Waals surface area (Å²) in [5.74, 6) is 0. The van der Waals surface area contributed by atoms with Crippen LogP contribution in [0.2, 0.25) is 0 Å². The first-order valence-electron chi connectivity index (χ1n) is 8.35. The van der Waals surface area contributed by atoms with Crippen molar-refractivity contribution in [1.82, 2.24) is 10.6 Å². The summed E-state index contributed by atoms with van der Waals surface area (Å²) in [5.41, 5.74) is 2.10. The predicted octanol–water partition coefficient (Wildman–Crippen LogP) is 2.67. The van der Waals surface area contributed by atoms with Crippen LogP contribution < -0.4 is 10.6 Å². The number of hydrogen-bond donors (Lipinski definition) is 2. The first kappa shape index (κ1) is 17.1. The van der Waals surface area contributed by atoms with Crippen LogP contribution in [0.25, 0.3) is 0 Å². The summed E-state index contributed by atoms with van der Waals surface area (Å²) in [6.45, 7) is 1.57. The molecule has 4 nitrogen and oxygen atoms in total. The van der Waals surface area contributed by atoms with Crippen LogP contribution in [0.5, 0.6) is 0 Å². The molecule has 0 amide bonds. The highest BCUT2D eigenvalue weighted by molar-refractivity contribution is 7.90. The van der Waals surface area contributed by atoms with Crippen molar-refractivity contribution in [2.24, 2.45) is 0 Å². The maximum Gasteiger partial charge on any atom is 0.175 e. The van der Waals surface area contributed by atoms with Gasteiger partial charge in [0, 0.05) is 24.9 Å². The van der Waals surface area contributed by atoms with Gasteiger partial charge in [-0.15, -0.1) is 0 Å². The largest absolute Gasteiger partial charge is 0.309 e. The monoisotopic (exact) mass is 344 g/mol. The Kier molecular flexibility index (Phi) is 5.33. The fourth-order valence-corrected chi connectivity index (χ4v) is 4.31. The predicted molar refractivity (Wildman–Crippen MR) is 96.6 cm³/mol. The topological polar surface area (TPSA) is 58.2 Å². The molecule has 1 saturated heterocycles. The molecule has 0 spiro atoms. The van der Waals surface area contributed by atoms with Gasteiger partial charge in [-0.05, 0) is 36.6 Å². The van der Waals surface area contributed by atoms with Gasteiger partial charge in [0.15, 0.2) is 9.84 Å². The molecule has 0 aliphatic carbocycles. The zero-order chi connectivity index (χ0) is 17.0.